The molecule has 0 radical (unpaired) electrons. The molecule has 2 rings (SSSR count). The molecule has 0 aliphatic heterocycles. The van der Waals surface area contributed by atoms with E-state index >= 15 is 0 Å². The van der Waals surface area contributed by atoms with Crippen LogP contribution in [0, 0.1) is 6.92 Å². The maximum Gasteiger partial charge on any atom is 0.193 e. The van der Waals surface area contributed by atoms with Gasteiger partial charge in [0.05, 0.1) is 20.5 Å². The van der Waals surface area contributed by atoms with Crippen molar-refractivity contribution in [1.29, 1.82) is 0 Å². The Kier molecular flexibility index (Phi) is 7.38. The van der Waals surface area contributed by atoms with E-state index in [1.165, 1.54) is 5.56 Å². The standard InChI is InChI=1S/C20H29N3O3/c1-6-21-20(22-10-9-17-8-7-11-26-17)23(3)14-16-13-19(25-5)18(24-4)12-15(16)2/h7-8,11-13H,6,9-10,14H2,1-5H3,(H,21,22). The molecule has 0 aliphatic rings. The summed E-state index contributed by atoms with van der Waals surface area (Å²) in [6.45, 7) is 6.35. The van der Waals surface area contributed by atoms with Crippen molar-refractivity contribution in [3.63, 3.8) is 0 Å². The molecule has 0 amide bonds. The third-order valence-electron chi connectivity index (χ3n) is 4.15. The van der Waals surface area contributed by atoms with E-state index in [2.05, 4.69) is 24.1 Å². The highest BCUT2D eigenvalue weighted by atomic mass is 16.5. The van der Waals surface area contributed by atoms with E-state index in [4.69, 9.17) is 18.9 Å². The van der Waals surface area contributed by atoms with E-state index in [1.807, 2.05) is 31.3 Å². The quantitative estimate of drug-likeness (QED) is 0.579. The molecule has 6 heteroatoms. The molecule has 6 nitrogen and oxygen atoms in total. The molecule has 0 aliphatic carbocycles. The third kappa shape index (κ3) is 5.18. The second-order valence-electron chi connectivity index (χ2n) is 6.05. The minimum atomic E-state index is 0.672. The van der Waals surface area contributed by atoms with Crippen molar-refractivity contribution < 1.29 is 13.9 Å². The van der Waals surface area contributed by atoms with Gasteiger partial charge in [0.1, 0.15) is 5.76 Å². The number of methoxy groups -OCH3 is 2. The molecule has 1 N–H and O–H groups in total. The second-order valence-corrected chi connectivity index (χ2v) is 6.05. The van der Waals surface area contributed by atoms with Gasteiger partial charge in [-0.25, -0.2) is 0 Å². The van der Waals surface area contributed by atoms with E-state index in [9.17, 15) is 0 Å². The minimum absolute atomic E-state index is 0.672. The fourth-order valence-corrected chi connectivity index (χ4v) is 2.72. The van der Waals surface area contributed by atoms with Crippen molar-refractivity contribution in [3.8, 4) is 11.5 Å². The first-order chi connectivity index (χ1) is 12.6. The van der Waals surface area contributed by atoms with E-state index in [-0.39, 0.29) is 0 Å². The van der Waals surface area contributed by atoms with Crippen molar-refractivity contribution >= 4 is 5.96 Å². The van der Waals surface area contributed by atoms with Crippen LogP contribution in [-0.2, 0) is 13.0 Å². The average Bonchev–Trinajstić information content (AvgIpc) is 3.15. The van der Waals surface area contributed by atoms with E-state index < -0.39 is 0 Å². The lowest BCUT2D eigenvalue weighted by atomic mass is 10.1. The van der Waals surface area contributed by atoms with Crippen LogP contribution < -0.4 is 14.8 Å². The van der Waals surface area contributed by atoms with Gasteiger partial charge in [-0.3, -0.25) is 4.99 Å². The highest BCUT2D eigenvalue weighted by Gasteiger charge is 2.12. The molecule has 26 heavy (non-hydrogen) atoms. The lowest BCUT2D eigenvalue weighted by Gasteiger charge is -2.23. The van der Waals surface area contributed by atoms with Gasteiger partial charge < -0.3 is 24.1 Å². The minimum Gasteiger partial charge on any atom is -0.493 e. The smallest absolute Gasteiger partial charge is 0.193 e. The normalized spacial score (nSPS) is 11.3. The second kappa shape index (κ2) is 9.75. The van der Waals surface area contributed by atoms with E-state index in [0.29, 0.717) is 6.54 Å². The summed E-state index contributed by atoms with van der Waals surface area (Å²) in [4.78, 5) is 6.82. The molecular formula is C20H29N3O3. The summed E-state index contributed by atoms with van der Waals surface area (Å²) >= 11 is 0. The third-order valence-corrected chi connectivity index (χ3v) is 4.15. The van der Waals surface area contributed by atoms with Crippen LogP contribution >= 0.6 is 0 Å². The first-order valence-corrected chi connectivity index (χ1v) is 8.82. The van der Waals surface area contributed by atoms with Gasteiger partial charge in [0.15, 0.2) is 17.5 Å². The van der Waals surface area contributed by atoms with Gasteiger partial charge in [-0.1, -0.05) is 0 Å². The summed E-state index contributed by atoms with van der Waals surface area (Å²) in [5.41, 5.74) is 2.32. The molecule has 142 valence electrons. The number of aliphatic imine (C=N–C) groups is 1. The van der Waals surface area contributed by atoms with Crippen LogP contribution in [0.25, 0.3) is 0 Å². The van der Waals surface area contributed by atoms with Gasteiger partial charge in [0, 0.05) is 33.1 Å². The summed E-state index contributed by atoms with van der Waals surface area (Å²) in [6.07, 6.45) is 2.47. The average molecular weight is 359 g/mol. The Morgan fingerprint density at radius 2 is 1.96 bits per heavy atom. The number of rotatable bonds is 8. The monoisotopic (exact) mass is 359 g/mol. The maximum atomic E-state index is 5.43. The Labute approximate surface area is 155 Å². The molecule has 0 atom stereocenters. The molecule has 0 fully saturated rings. The molecule has 2 aromatic rings. The van der Waals surface area contributed by atoms with Gasteiger partial charge >= 0.3 is 0 Å². The van der Waals surface area contributed by atoms with Gasteiger partial charge in [-0.15, -0.1) is 0 Å². The Balaban J connectivity index is 2.09. The number of hydrogen-bond donors (Lipinski definition) is 1. The predicted molar refractivity (Wildman–Crippen MR) is 104 cm³/mol. The number of benzene rings is 1. The van der Waals surface area contributed by atoms with Crippen LogP contribution in [0.15, 0.2) is 39.9 Å². The fraction of sp³-hybridized carbons (Fsp3) is 0.450. The molecule has 1 heterocycles. The Morgan fingerprint density at radius 1 is 1.23 bits per heavy atom. The molecule has 0 saturated carbocycles. The fourth-order valence-electron chi connectivity index (χ4n) is 2.72. The molecule has 1 aromatic heterocycles. The Bertz CT molecular complexity index is 711. The number of hydrogen-bond acceptors (Lipinski definition) is 4. The van der Waals surface area contributed by atoms with Crippen LogP contribution in [0.1, 0.15) is 23.8 Å². The molecule has 0 unspecified atom stereocenters. The molecular weight excluding hydrogens is 330 g/mol. The van der Waals surface area contributed by atoms with Crippen LogP contribution in [0.4, 0.5) is 0 Å². The molecule has 1 aromatic carbocycles. The first kappa shape index (κ1) is 19.7. The number of furan rings is 1. The van der Waals surface area contributed by atoms with E-state index in [0.717, 1.165) is 48.3 Å². The number of nitrogens with one attached hydrogen (secondary N) is 1. The zero-order valence-corrected chi connectivity index (χ0v) is 16.3. The summed E-state index contributed by atoms with van der Waals surface area (Å²) in [5, 5.41) is 3.34. The van der Waals surface area contributed by atoms with Crippen LogP contribution in [0.5, 0.6) is 11.5 Å². The first-order valence-electron chi connectivity index (χ1n) is 8.82. The highest BCUT2D eigenvalue weighted by molar-refractivity contribution is 5.79. The van der Waals surface area contributed by atoms with Crippen LogP contribution in [0.2, 0.25) is 0 Å². The Hall–Kier alpha value is -2.63. The summed E-state index contributed by atoms with van der Waals surface area (Å²) in [6, 6.07) is 7.90. The number of ether oxygens (including phenoxy) is 2. The van der Waals surface area contributed by atoms with Gasteiger partial charge in [-0.05, 0) is 49.2 Å². The molecule has 0 spiro atoms. The van der Waals surface area contributed by atoms with Gasteiger partial charge in [0.25, 0.3) is 0 Å². The van der Waals surface area contributed by atoms with Crippen molar-refractivity contribution in [2.75, 3.05) is 34.4 Å². The predicted octanol–water partition coefficient (Wildman–Crippen LogP) is 3.25. The van der Waals surface area contributed by atoms with Gasteiger partial charge in [0.2, 0.25) is 0 Å². The van der Waals surface area contributed by atoms with Crippen molar-refractivity contribution in [2.24, 2.45) is 4.99 Å². The summed E-state index contributed by atoms with van der Waals surface area (Å²) < 4.78 is 16.2. The zero-order valence-electron chi connectivity index (χ0n) is 16.3. The number of guanidine groups is 1. The lowest BCUT2D eigenvalue weighted by molar-refractivity contribution is 0.353. The largest absolute Gasteiger partial charge is 0.493 e. The van der Waals surface area contributed by atoms with Crippen molar-refractivity contribution in [2.45, 2.75) is 26.8 Å². The molecule has 0 bridgehead atoms. The Morgan fingerprint density at radius 3 is 2.58 bits per heavy atom. The zero-order chi connectivity index (χ0) is 18.9. The van der Waals surface area contributed by atoms with Gasteiger partial charge in [-0.2, -0.15) is 0 Å². The summed E-state index contributed by atoms with van der Waals surface area (Å²) in [7, 11) is 5.34. The molecule has 0 saturated heterocycles. The maximum absolute atomic E-state index is 5.43. The highest BCUT2D eigenvalue weighted by Crippen LogP contribution is 2.30. The summed E-state index contributed by atoms with van der Waals surface area (Å²) in [5.74, 6) is 3.30. The van der Waals surface area contributed by atoms with Crippen LogP contribution in [-0.4, -0.2) is 45.2 Å². The number of aryl methyl sites for hydroxylation is 1. The lowest BCUT2D eigenvalue weighted by Crippen LogP contribution is -2.38. The van der Waals surface area contributed by atoms with E-state index in [1.54, 1.807) is 20.5 Å². The van der Waals surface area contributed by atoms with Crippen molar-refractivity contribution in [1.82, 2.24) is 10.2 Å². The van der Waals surface area contributed by atoms with Crippen LogP contribution in [0.3, 0.4) is 0 Å². The topological polar surface area (TPSA) is 59.2 Å². The number of nitrogens with zero attached hydrogens (tertiary/aromatic N) is 2. The SMILES string of the molecule is CCNC(=NCCc1ccco1)N(C)Cc1cc(OC)c(OC)cc1C. The van der Waals surface area contributed by atoms with Crippen molar-refractivity contribution in [3.05, 3.63) is 47.4 Å².